The van der Waals surface area contributed by atoms with Crippen LogP contribution in [0.1, 0.15) is 88.1 Å². The molecular weight excluding hydrogens is 398 g/mol. The molecule has 170 valence electrons. The van der Waals surface area contributed by atoms with Gasteiger partial charge in [0, 0.05) is 24.5 Å². The Labute approximate surface area is 200 Å². The number of hydrogen-bond acceptors (Lipinski definition) is 0. The van der Waals surface area contributed by atoms with Gasteiger partial charge >= 0.3 is 0 Å². The van der Waals surface area contributed by atoms with Crippen molar-refractivity contribution in [1.29, 1.82) is 0 Å². The third kappa shape index (κ3) is 4.31. The molecule has 1 heteroatoms. The first kappa shape index (κ1) is 22.1. The maximum Gasteiger partial charge on any atom is 0.187 e. The zero-order valence-corrected chi connectivity index (χ0v) is 20.7. The molecule has 1 atom stereocenters. The van der Waals surface area contributed by atoms with Crippen LogP contribution >= 0.6 is 0 Å². The van der Waals surface area contributed by atoms with Gasteiger partial charge in [-0.15, -0.1) is 0 Å². The van der Waals surface area contributed by atoms with Crippen LogP contribution in [0.25, 0.3) is 17.3 Å². The Hall–Kier alpha value is -2.67. The fraction of sp³-hybridized carbons (Fsp3) is 0.406. The van der Waals surface area contributed by atoms with E-state index in [1.165, 1.54) is 90.5 Å². The lowest BCUT2D eigenvalue weighted by atomic mass is 9.68. The summed E-state index contributed by atoms with van der Waals surface area (Å²) in [4.78, 5) is 0. The van der Waals surface area contributed by atoms with Crippen LogP contribution in [0, 0.1) is 5.92 Å². The van der Waals surface area contributed by atoms with E-state index in [1.807, 2.05) is 0 Å². The third-order valence-electron chi connectivity index (χ3n) is 7.87. The van der Waals surface area contributed by atoms with Crippen LogP contribution < -0.4 is 4.57 Å². The summed E-state index contributed by atoms with van der Waals surface area (Å²) in [5.41, 5.74) is 13.4. The number of hydrogen-bond donors (Lipinski definition) is 0. The largest absolute Gasteiger partial charge is 0.187 e. The molecule has 2 aliphatic carbocycles. The summed E-state index contributed by atoms with van der Waals surface area (Å²) in [6.07, 6.45) is 20.5. The first-order valence-corrected chi connectivity index (χ1v) is 13.1. The monoisotopic (exact) mass is 436 g/mol. The molecule has 0 bridgehead atoms. The molecule has 0 radical (unpaired) electrons. The summed E-state index contributed by atoms with van der Waals surface area (Å²) in [5, 5.41) is 0. The summed E-state index contributed by atoms with van der Waals surface area (Å²) in [6.45, 7) is 7.00. The molecule has 2 heterocycles. The second-order valence-electron chi connectivity index (χ2n) is 10.1. The molecule has 0 N–H and O–H groups in total. The zero-order valence-electron chi connectivity index (χ0n) is 20.7. The summed E-state index contributed by atoms with van der Waals surface area (Å²) in [5.74, 6) is 0.513. The Kier molecular flexibility index (Phi) is 6.49. The first-order valence-electron chi connectivity index (χ1n) is 13.1. The number of benzene rings is 1. The van der Waals surface area contributed by atoms with Gasteiger partial charge in [0.15, 0.2) is 18.1 Å². The van der Waals surface area contributed by atoms with Gasteiger partial charge in [-0.3, -0.25) is 0 Å². The molecular formula is C32H38N+. The van der Waals surface area contributed by atoms with Gasteiger partial charge in [0.1, 0.15) is 0 Å². The molecule has 1 aromatic heterocycles. The average molecular weight is 437 g/mol. The maximum atomic E-state index is 2.55. The zero-order chi connectivity index (χ0) is 22.8. The molecule has 2 aromatic rings. The number of allylic oxidation sites excluding steroid dienone is 7. The lowest BCUT2D eigenvalue weighted by Crippen LogP contribution is -2.32. The van der Waals surface area contributed by atoms with E-state index in [2.05, 4.69) is 86.3 Å². The van der Waals surface area contributed by atoms with E-state index in [0.717, 1.165) is 6.42 Å². The van der Waals surface area contributed by atoms with Crippen molar-refractivity contribution in [2.45, 2.75) is 78.6 Å². The smallest absolute Gasteiger partial charge is 0.171 e. The predicted molar refractivity (Wildman–Crippen MR) is 141 cm³/mol. The number of fused-ring (bicyclic) bond motifs is 2. The van der Waals surface area contributed by atoms with Crippen LogP contribution in [0.3, 0.4) is 0 Å². The number of nitrogens with zero attached hydrogens (tertiary/aromatic N) is 1. The van der Waals surface area contributed by atoms with Gasteiger partial charge in [-0.25, -0.2) is 0 Å². The normalized spacial score (nSPS) is 20.7. The van der Waals surface area contributed by atoms with Crippen LogP contribution in [-0.4, -0.2) is 0 Å². The summed E-state index contributed by atoms with van der Waals surface area (Å²) >= 11 is 0. The third-order valence-corrected chi connectivity index (χ3v) is 7.87. The van der Waals surface area contributed by atoms with E-state index in [1.54, 1.807) is 11.1 Å². The van der Waals surface area contributed by atoms with Crippen molar-refractivity contribution >= 4 is 17.3 Å². The fourth-order valence-electron chi connectivity index (χ4n) is 6.12. The minimum absolute atomic E-state index is 0.513. The molecule has 3 aliphatic rings. The molecule has 1 aliphatic heterocycles. The number of pyridine rings is 1. The van der Waals surface area contributed by atoms with E-state index in [-0.39, 0.29) is 0 Å². The first-order chi connectivity index (χ1) is 16.2. The minimum Gasteiger partial charge on any atom is -0.171 e. The number of rotatable bonds is 4. The lowest BCUT2D eigenvalue weighted by Gasteiger charge is -2.36. The average Bonchev–Trinajstić information content (AvgIpc) is 2.81. The Balaban J connectivity index is 1.65. The molecule has 1 nitrogen and oxygen atoms in total. The summed E-state index contributed by atoms with van der Waals surface area (Å²) < 4.78 is 2.34. The van der Waals surface area contributed by atoms with Crippen molar-refractivity contribution < 1.29 is 4.57 Å². The highest BCUT2D eigenvalue weighted by molar-refractivity contribution is 5.94. The van der Waals surface area contributed by atoms with Gasteiger partial charge in [-0.2, -0.15) is 4.57 Å². The van der Waals surface area contributed by atoms with E-state index in [9.17, 15) is 0 Å². The molecule has 1 aromatic carbocycles. The molecule has 0 saturated heterocycles. The summed E-state index contributed by atoms with van der Waals surface area (Å²) in [6, 6.07) is 14.2. The van der Waals surface area contributed by atoms with Gasteiger partial charge in [-0.1, -0.05) is 43.7 Å². The molecule has 5 rings (SSSR count). The minimum atomic E-state index is 0.513. The highest BCUT2D eigenvalue weighted by Crippen LogP contribution is 2.50. The SMILES string of the molecule is CCCc1cccc(C2=C(C)C(C)=C(c3cc[n+]4c(c3)CCCCC=C4)C3CCCC=C23)c1. The van der Waals surface area contributed by atoms with Crippen molar-refractivity contribution in [2.24, 2.45) is 5.92 Å². The maximum absolute atomic E-state index is 2.55. The van der Waals surface area contributed by atoms with Crippen molar-refractivity contribution in [3.63, 3.8) is 0 Å². The van der Waals surface area contributed by atoms with Gasteiger partial charge in [0.25, 0.3) is 0 Å². The molecule has 33 heavy (non-hydrogen) atoms. The highest BCUT2D eigenvalue weighted by Gasteiger charge is 2.33. The van der Waals surface area contributed by atoms with Crippen molar-refractivity contribution in [1.82, 2.24) is 0 Å². The molecule has 0 spiro atoms. The Morgan fingerprint density at radius 1 is 0.939 bits per heavy atom. The molecule has 0 amide bonds. The molecule has 1 unspecified atom stereocenters. The van der Waals surface area contributed by atoms with E-state index < -0.39 is 0 Å². The van der Waals surface area contributed by atoms with Gasteiger partial charge < -0.3 is 0 Å². The van der Waals surface area contributed by atoms with Gasteiger partial charge in [-0.05, 0) is 109 Å². The van der Waals surface area contributed by atoms with E-state index in [4.69, 9.17) is 0 Å². The topological polar surface area (TPSA) is 3.88 Å². The van der Waals surface area contributed by atoms with E-state index in [0.29, 0.717) is 5.92 Å². The second-order valence-corrected chi connectivity index (χ2v) is 10.1. The van der Waals surface area contributed by atoms with Gasteiger partial charge in [0.2, 0.25) is 0 Å². The molecule has 0 saturated carbocycles. The van der Waals surface area contributed by atoms with Crippen molar-refractivity contribution in [3.8, 4) is 0 Å². The Morgan fingerprint density at radius 3 is 2.73 bits per heavy atom. The standard InChI is InChI=1S/C32H38N/c1-4-12-25-13-11-14-26(21-25)31-23(2)24(3)32(30-17-9-8-16-29(30)31)27-18-20-33-19-10-6-5-7-15-28(33)22-27/h10-11,13-14,16,18-22,30H,4-9,12,15,17H2,1-3H3/q+1. The van der Waals surface area contributed by atoms with Crippen molar-refractivity contribution in [2.75, 3.05) is 0 Å². The predicted octanol–water partition coefficient (Wildman–Crippen LogP) is 8.11. The number of aromatic nitrogens is 1. The van der Waals surface area contributed by atoms with Crippen LogP contribution in [0.5, 0.6) is 0 Å². The fourth-order valence-corrected chi connectivity index (χ4v) is 6.12. The highest BCUT2D eigenvalue weighted by atomic mass is 14.9. The summed E-state index contributed by atoms with van der Waals surface area (Å²) in [7, 11) is 0. The van der Waals surface area contributed by atoms with Crippen LogP contribution in [0.2, 0.25) is 0 Å². The second kappa shape index (κ2) is 9.67. The van der Waals surface area contributed by atoms with Gasteiger partial charge in [0.05, 0.1) is 0 Å². The lowest BCUT2D eigenvalue weighted by molar-refractivity contribution is -0.577. The quantitative estimate of drug-likeness (QED) is 0.426. The van der Waals surface area contributed by atoms with E-state index >= 15 is 0 Å². The van der Waals surface area contributed by atoms with Crippen molar-refractivity contribution in [3.05, 3.63) is 93.9 Å². The molecule has 0 fully saturated rings. The van der Waals surface area contributed by atoms with Crippen LogP contribution in [-0.2, 0) is 12.8 Å². The Bertz CT molecular complexity index is 1170. The van der Waals surface area contributed by atoms with Crippen LogP contribution in [0.4, 0.5) is 0 Å². The number of aryl methyl sites for hydroxylation is 2. The van der Waals surface area contributed by atoms with Crippen LogP contribution in [0.15, 0.2) is 71.5 Å². The Morgan fingerprint density at radius 2 is 1.85 bits per heavy atom.